The average Bonchev–Trinajstić information content (AvgIpc) is 2.81. The predicted octanol–water partition coefficient (Wildman–Crippen LogP) is 1.63. The van der Waals surface area contributed by atoms with Gasteiger partial charge in [0, 0.05) is 63.3 Å². The standard InChI is InChI=1S/C22H25N7O2/c1-15-13-28(21(31)16-4-6-17(23-2)7-5-16)10-11-29(15)22-26-19(12-20(30)27(22)3)18-8-9-24-14-25-18/h4-9,12,14-15,23H,10-11,13H2,1-3H3/t15-/m1/s1. The molecule has 3 heterocycles. The van der Waals surface area contributed by atoms with Crippen molar-refractivity contribution in [3.8, 4) is 11.4 Å². The first-order valence-electron chi connectivity index (χ1n) is 10.2. The number of hydrogen-bond donors (Lipinski definition) is 1. The van der Waals surface area contributed by atoms with Crippen LogP contribution < -0.4 is 15.8 Å². The maximum atomic E-state index is 13.0. The van der Waals surface area contributed by atoms with Gasteiger partial charge in [-0.15, -0.1) is 0 Å². The molecule has 0 saturated carbocycles. The Morgan fingerprint density at radius 1 is 1.13 bits per heavy atom. The molecular weight excluding hydrogens is 394 g/mol. The van der Waals surface area contributed by atoms with Crippen LogP contribution in [0.3, 0.4) is 0 Å². The second kappa shape index (κ2) is 8.55. The summed E-state index contributed by atoms with van der Waals surface area (Å²) in [5.74, 6) is 0.574. The van der Waals surface area contributed by atoms with Crippen LogP contribution in [0.2, 0.25) is 0 Å². The van der Waals surface area contributed by atoms with Crippen LogP contribution >= 0.6 is 0 Å². The van der Waals surface area contributed by atoms with E-state index in [2.05, 4.69) is 20.2 Å². The molecule has 0 aliphatic carbocycles. The molecule has 1 fully saturated rings. The second-order valence-electron chi connectivity index (χ2n) is 7.55. The highest BCUT2D eigenvalue weighted by atomic mass is 16.2. The maximum Gasteiger partial charge on any atom is 0.255 e. The summed E-state index contributed by atoms with van der Waals surface area (Å²) in [4.78, 5) is 42.3. The van der Waals surface area contributed by atoms with Crippen LogP contribution in [0.5, 0.6) is 0 Å². The highest BCUT2D eigenvalue weighted by Gasteiger charge is 2.29. The first-order chi connectivity index (χ1) is 15.0. The van der Waals surface area contributed by atoms with E-state index in [0.717, 1.165) is 5.69 Å². The van der Waals surface area contributed by atoms with Crippen molar-refractivity contribution < 1.29 is 4.79 Å². The summed E-state index contributed by atoms with van der Waals surface area (Å²) < 4.78 is 1.54. The molecule has 160 valence electrons. The van der Waals surface area contributed by atoms with Crippen LogP contribution in [0.15, 0.2) is 53.7 Å². The van der Waals surface area contributed by atoms with Crippen LogP contribution in [-0.2, 0) is 7.05 Å². The van der Waals surface area contributed by atoms with E-state index in [4.69, 9.17) is 4.98 Å². The first kappa shape index (κ1) is 20.5. The summed E-state index contributed by atoms with van der Waals surface area (Å²) in [6, 6.07) is 10.7. The van der Waals surface area contributed by atoms with E-state index in [-0.39, 0.29) is 17.5 Å². The molecule has 1 saturated heterocycles. The molecule has 3 aromatic rings. The second-order valence-corrected chi connectivity index (χ2v) is 7.55. The normalized spacial score (nSPS) is 16.3. The van der Waals surface area contributed by atoms with Gasteiger partial charge in [0.25, 0.3) is 11.5 Å². The third-order valence-electron chi connectivity index (χ3n) is 5.55. The van der Waals surface area contributed by atoms with Crippen LogP contribution in [0.4, 0.5) is 11.6 Å². The maximum absolute atomic E-state index is 13.0. The topological polar surface area (TPSA) is 96.2 Å². The Balaban J connectivity index is 1.55. The summed E-state index contributed by atoms with van der Waals surface area (Å²) in [7, 11) is 3.56. The summed E-state index contributed by atoms with van der Waals surface area (Å²) in [5.41, 5.74) is 2.58. The van der Waals surface area contributed by atoms with Crippen LogP contribution in [0.1, 0.15) is 17.3 Å². The third-order valence-corrected chi connectivity index (χ3v) is 5.55. The fraction of sp³-hybridized carbons (Fsp3) is 0.318. The lowest BCUT2D eigenvalue weighted by Crippen LogP contribution is -2.55. The van der Waals surface area contributed by atoms with E-state index in [0.29, 0.717) is 42.5 Å². The number of nitrogens with one attached hydrogen (secondary N) is 1. The van der Waals surface area contributed by atoms with Crippen LogP contribution in [0.25, 0.3) is 11.4 Å². The smallest absolute Gasteiger partial charge is 0.255 e. The van der Waals surface area contributed by atoms with Crippen molar-refractivity contribution >= 4 is 17.5 Å². The molecule has 1 aliphatic heterocycles. The molecule has 2 aromatic heterocycles. The van der Waals surface area contributed by atoms with Crippen molar-refractivity contribution in [3.63, 3.8) is 0 Å². The quantitative estimate of drug-likeness (QED) is 0.687. The number of amides is 1. The highest BCUT2D eigenvalue weighted by molar-refractivity contribution is 5.94. The number of benzene rings is 1. The summed E-state index contributed by atoms with van der Waals surface area (Å²) in [6.45, 7) is 3.70. The van der Waals surface area contributed by atoms with Gasteiger partial charge < -0.3 is 15.1 Å². The first-order valence-corrected chi connectivity index (χ1v) is 10.2. The number of nitrogens with zero attached hydrogens (tertiary/aromatic N) is 6. The van der Waals surface area contributed by atoms with Crippen molar-refractivity contribution in [2.24, 2.45) is 7.05 Å². The number of carbonyl (C=O) groups excluding carboxylic acids is 1. The highest BCUT2D eigenvalue weighted by Crippen LogP contribution is 2.22. The van der Waals surface area contributed by atoms with E-state index in [1.807, 2.05) is 43.1 Å². The molecule has 31 heavy (non-hydrogen) atoms. The Hall–Kier alpha value is -3.75. The lowest BCUT2D eigenvalue weighted by atomic mass is 10.1. The van der Waals surface area contributed by atoms with E-state index in [9.17, 15) is 9.59 Å². The van der Waals surface area contributed by atoms with Gasteiger partial charge in [0.1, 0.15) is 6.33 Å². The predicted molar refractivity (Wildman–Crippen MR) is 119 cm³/mol. The number of carbonyl (C=O) groups is 1. The van der Waals surface area contributed by atoms with Crippen molar-refractivity contribution in [3.05, 3.63) is 64.8 Å². The molecule has 0 spiro atoms. The van der Waals surface area contributed by atoms with Crippen molar-refractivity contribution in [1.29, 1.82) is 0 Å². The lowest BCUT2D eigenvalue weighted by molar-refractivity contribution is 0.0725. The molecule has 4 rings (SSSR count). The Morgan fingerprint density at radius 2 is 1.90 bits per heavy atom. The molecule has 1 N–H and O–H groups in total. The van der Waals surface area contributed by atoms with Crippen molar-refractivity contribution in [1.82, 2.24) is 24.4 Å². The number of hydrogen-bond acceptors (Lipinski definition) is 7. The molecule has 9 heteroatoms. The number of anilines is 2. The van der Waals surface area contributed by atoms with Crippen molar-refractivity contribution in [2.75, 3.05) is 36.9 Å². The molecule has 9 nitrogen and oxygen atoms in total. The van der Waals surface area contributed by atoms with Gasteiger partial charge in [-0.05, 0) is 37.3 Å². The third kappa shape index (κ3) is 4.11. The number of rotatable bonds is 4. The molecule has 1 atom stereocenters. The Morgan fingerprint density at radius 3 is 2.55 bits per heavy atom. The van der Waals surface area contributed by atoms with Gasteiger partial charge >= 0.3 is 0 Å². The van der Waals surface area contributed by atoms with Gasteiger partial charge in [-0.1, -0.05) is 0 Å². The van der Waals surface area contributed by atoms with E-state index < -0.39 is 0 Å². The molecular formula is C22H25N7O2. The largest absolute Gasteiger partial charge is 0.388 e. The fourth-order valence-electron chi connectivity index (χ4n) is 3.76. The minimum absolute atomic E-state index is 0.00531. The Bertz CT molecular complexity index is 1130. The van der Waals surface area contributed by atoms with Gasteiger partial charge in [0.05, 0.1) is 11.4 Å². The van der Waals surface area contributed by atoms with Gasteiger partial charge in [0.2, 0.25) is 5.95 Å². The minimum atomic E-state index is -0.158. The summed E-state index contributed by atoms with van der Waals surface area (Å²) in [6.07, 6.45) is 3.06. The molecule has 1 amide bonds. The number of piperazine rings is 1. The van der Waals surface area contributed by atoms with E-state index in [1.54, 1.807) is 19.3 Å². The molecule has 0 radical (unpaired) electrons. The monoisotopic (exact) mass is 419 g/mol. The number of aromatic nitrogens is 4. The zero-order valence-electron chi connectivity index (χ0n) is 17.8. The zero-order valence-corrected chi connectivity index (χ0v) is 17.8. The van der Waals surface area contributed by atoms with Gasteiger partial charge in [-0.25, -0.2) is 15.0 Å². The zero-order chi connectivity index (χ0) is 22.0. The van der Waals surface area contributed by atoms with E-state index in [1.165, 1.54) is 17.0 Å². The summed E-state index contributed by atoms with van der Waals surface area (Å²) >= 11 is 0. The molecule has 0 unspecified atom stereocenters. The van der Waals surface area contributed by atoms with Gasteiger partial charge in [0.15, 0.2) is 0 Å². The minimum Gasteiger partial charge on any atom is -0.388 e. The van der Waals surface area contributed by atoms with E-state index >= 15 is 0 Å². The van der Waals surface area contributed by atoms with Gasteiger partial charge in [-0.2, -0.15) is 0 Å². The molecule has 1 aromatic carbocycles. The Labute approximate surface area is 180 Å². The lowest BCUT2D eigenvalue weighted by Gasteiger charge is -2.40. The summed E-state index contributed by atoms with van der Waals surface area (Å²) in [5, 5.41) is 3.06. The average molecular weight is 419 g/mol. The SMILES string of the molecule is CNc1ccc(C(=O)N2CCN(c3nc(-c4ccncn4)cc(=O)n3C)[C@H](C)C2)cc1. The fourth-order valence-corrected chi connectivity index (χ4v) is 3.76. The Kier molecular flexibility index (Phi) is 5.66. The van der Waals surface area contributed by atoms with Crippen LogP contribution in [0, 0.1) is 0 Å². The molecule has 1 aliphatic rings. The van der Waals surface area contributed by atoms with Crippen LogP contribution in [-0.4, -0.2) is 63.0 Å². The molecule has 0 bridgehead atoms. The van der Waals surface area contributed by atoms with Gasteiger partial charge in [-0.3, -0.25) is 14.2 Å². The van der Waals surface area contributed by atoms with Crippen molar-refractivity contribution in [2.45, 2.75) is 13.0 Å².